The molecule has 0 radical (unpaired) electrons. The van der Waals surface area contributed by atoms with Crippen molar-refractivity contribution in [1.29, 1.82) is 0 Å². The van der Waals surface area contributed by atoms with E-state index in [1.807, 2.05) is 0 Å². The van der Waals surface area contributed by atoms with Crippen LogP contribution in [0.4, 0.5) is 0 Å². The van der Waals surface area contributed by atoms with Crippen molar-refractivity contribution in [2.45, 2.75) is 31.7 Å². The van der Waals surface area contributed by atoms with Gasteiger partial charge in [-0.3, -0.25) is 0 Å². The maximum Gasteiger partial charge on any atom is 0.151 e. The van der Waals surface area contributed by atoms with Crippen molar-refractivity contribution in [1.82, 2.24) is 10.6 Å². The molecule has 0 spiro atoms. The maximum absolute atomic E-state index is 11.3. The van der Waals surface area contributed by atoms with Crippen molar-refractivity contribution in [2.24, 2.45) is 5.92 Å². The highest BCUT2D eigenvalue weighted by Gasteiger charge is 2.27. The second-order valence-corrected chi connectivity index (χ2v) is 7.26. The highest BCUT2D eigenvalue weighted by Crippen LogP contribution is 2.16. The summed E-state index contributed by atoms with van der Waals surface area (Å²) in [5, 5.41) is 6.74. The first-order valence-electron chi connectivity index (χ1n) is 6.30. The Morgan fingerprint density at radius 1 is 1.19 bits per heavy atom. The van der Waals surface area contributed by atoms with Gasteiger partial charge in [0.1, 0.15) is 0 Å². The SMILES string of the molecule is O=S1(=O)CCC(NCCC2CCNCC2)C1. The lowest BCUT2D eigenvalue weighted by atomic mass is 9.94. The lowest BCUT2D eigenvalue weighted by Crippen LogP contribution is -2.34. The van der Waals surface area contributed by atoms with Crippen LogP contribution < -0.4 is 10.6 Å². The Hall–Kier alpha value is -0.130. The van der Waals surface area contributed by atoms with Crippen LogP contribution in [0.5, 0.6) is 0 Å². The lowest BCUT2D eigenvalue weighted by molar-refractivity contribution is 0.343. The van der Waals surface area contributed by atoms with Gasteiger partial charge in [-0.15, -0.1) is 0 Å². The molecule has 0 bridgehead atoms. The summed E-state index contributed by atoms with van der Waals surface area (Å²) in [6.45, 7) is 3.26. The van der Waals surface area contributed by atoms with Gasteiger partial charge in [-0.2, -0.15) is 0 Å². The molecular formula is C11H22N2O2S. The Balaban J connectivity index is 1.61. The van der Waals surface area contributed by atoms with Gasteiger partial charge in [0.05, 0.1) is 11.5 Å². The molecule has 0 aromatic carbocycles. The third-order valence-electron chi connectivity index (χ3n) is 3.68. The normalized spacial score (nSPS) is 30.6. The first-order chi connectivity index (χ1) is 7.66. The highest BCUT2D eigenvalue weighted by atomic mass is 32.2. The highest BCUT2D eigenvalue weighted by molar-refractivity contribution is 7.91. The number of hydrogen-bond acceptors (Lipinski definition) is 4. The molecule has 0 aromatic rings. The van der Waals surface area contributed by atoms with Crippen molar-refractivity contribution in [3.05, 3.63) is 0 Å². The molecule has 0 amide bonds. The summed E-state index contributed by atoms with van der Waals surface area (Å²) < 4.78 is 22.5. The van der Waals surface area contributed by atoms with Crippen molar-refractivity contribution in [2.75, 3.05) is 31.1 Å². The van der Waals surface area contributed by atoms with Gasteiger partial charge in [-0.1, -0.05) is 0 Å². The molecule has 94 valence electrons. The molecule has 2 aliphatic rings. The summed E-state index contributed by atoms with van der Waals surface area (Å²) in [5.74, 6) is 1.55. The van der Waals surface area contributed by atoms with E-state index in [-0.39, 0.29) is 6.04 Å². The molecule has 2 N–H and O–H groups in total. The van der Waals surface area contributed by atoms with Crippen LogP contribution in [-0.2, 0) is 9.84 Å². The van der Waals surface area contributed by atoms with Crippen LogP contribution in [0.25, 0.3) is 0 Å². The average Bonchev–Trinajstić information content (AvgIpc) is 2.60. The predicted molar refractivity (Wildman–Crippen MR) is 65.3 cm³/mol. The number of sulfone groups is 1. The van der Waals surface area contributed by atoms with Gasteiger partial charge < -0.3 is 10.6 Å². The van der Waals surface area contributed by atoms with E-state index in [1.165, 1.54) is 19.3 Å². The molecule has 5 heteroatoms. The summed E-state index contributed by atoms with van der Waals surface area (Å²) >= 11 is 0. The Bertz CT molecular complexity index is 310. The molecule has 4 nitrogen and oxygen atoms in total. The van der Waals surface area contributed by atoms with Crippen molar-refractivity contribution >= 4 is 9.84 Å². The summed E-state index contributed by atoms with van der Waals surface area (Å²) in [6, 6.07) is 0.215. The fourth-order valence-electron chi connectivity index (χ4n) is 2.62. The fourth-order valence-corrected chi connectivity index (χ4v) is 4.33. The average molecular weight is 246 g/mol. The molecule has 2 heterocycles. The van der Waals surface area contributed by atoms with E-state index in [1.54, 1.807) is 0 Å². The van der Waals surface area contributed by atoms with Crippen LogP contribution in [0.3, 0.4) is 0 Å². The second-order valence-electron chi connectivity index (χ2n) is 5.04. The zero-order valence-corrected chi connectivity index (χ0v) is 10.6. The number of rotatable bonds is 4. The van der Waals surface area contributed by atoms with Gasteiger partial charge in [0.15, 0.2) is 9.84 Å². The van der Waals surface area contributed by atoms with E-state index < -0.39 is 9.84 Å². The molecule has 0 aliphatic carbocycles. The molecule has 2 aliphatic heterocycles. The minimum atomic E-state index is -2.72. The topological polar surface area (TPSA) is 58.2 Å². The van der Waals surface area contributed by atoms with Gasteiger partial charge in [0, 0.05) is 6.04 Å². The molecule has 1 unspecified atom stereocenters. The van der Waals surface area contributed by atoms with E-state index in [0.717, 1.165) is 32.0 Å². The summed E-state index contributed by atoms with van der Waals surface area (Å²) in [6.07, 6.45) is 4.53. The molecule has 16 heavy (non-hydrogen) atoms. The number of piperidine rings is 1. The van der Waals surface area contributed by atoms with Crippen LogP contribution in [-0.4, -0.2) is 45.6 Å². The molecule has 0 saturated carbocycles. The third-order valence-corrected chi connectivity index (χ3v) is 5.44. The Kier molecular flexibility index (Phi) is 4.21. The minimum absolute atomic E-state index is 0.215. The van der Waals surface area contributed by atoms with Crippen molar-refractivity contribution < 1.29 is 8.42 Å². The van der Waals surface area contributed by atoms with Crippen LogP contribution >= 0.6 is 0 Å². The molecule has 2 fully saturated rings. The molecule has 2 saturated heterocycles. The number of nitrogens with one attached hydrogen (secondary N) is 2. The smallest absolute Gasteiger partial charge is 0.151 e. The van der Waals surface area contributed by atoms with Gasteiger partial charge in [0.2, 0.25) is 0 Å². The Labute approximate surface area is 98.1 Å². The molecule has 2 rings (SSSR count). The van der Waals surface area contributed by atoms with Crippen molar-refractivity contribution in [3.8, 4) is 0 Å². The predicted octanol–water partition coefficient (Wildman–Crippen LogP) is 0.153. The molecular weight excluding hydrogens is 224 g/mol. The first-order valence-corrected chi connectivity index (χ1v) is 8.12. The van der Waals surface area contributed by atoms with E-state index in [9.17, 15) is 8.42 Å². The fraction of sp³-hybridized carbons (Fsp3) is 1.00. The Morgan fingerprint density at radius 2 is 1.94 bits per heavy atom. The monoisotopic (exact) mass is 246 g/mol. The van der Waals surface area contributed by atoms with Crippen molar-refractivity contribution in [3.63, 3.8) is 0 Å². The summed E-state index contributed by atoms with van der Waals surface area (Å²) in [5.41, 5.74) is 0. The first kappa shape index (κ1) is 12.3. The van der Waals surface area contributed by atoms with Crippen LogP contribution in [0.15, 0.2) is 0 Å². The molecule has 1 atom stereocenters. The standard InChI is InChI=1S/C11H22N2O2S/c14-16(15)8-4-11(9-16)13-7-3-10-1-5-12-6-2-10/h10-13H,1-9H2. The third kappa shape index (κ3) is 3.71. The van der Waals surface area contributed by atoms with Gasteiger partial charge >= 0.3 is 0 Å². The summed E-state index contributed by atoms with van der Waals surface area (Å²) in [4.78, 5) is 0. The van der Waals surface area contributed by atoms with Crippen LogP contribution in [0.1, 0.15) is 25.7 Å². The summed E-state index contributed by atoms with van der Waals surface area (Å²) in [7, 11) is -2.72. The Morgan fingerprint density at radius 3 is 2.56 bits per heavy atom. The van der Waals surface area contributed by atoms with Gasteiger partial charge in [0.25, 0.3) is 0 Å². The van der Waals surface area contributed by atoms with E-state index in [0.29, 0.717) is 11.5 Å². The number of hydrogen-bond donors (Lipinski definition) is 2. The van der Waals surface area contributed by atoms with E-state index >= 15 is 0 Å². The zero-order chi connectivity index (χ0) is 11.4. The quantitative estimate of drug-likeness (QED) is 0.741. The molecule has 0 aromatic heterocycles. The zero-order valence-electron chi connectivity index (χ0n) is 9.74. The lowest BCUT2D eigenvalue weighted by Gasteiger charge is -2.23. The minimum Gasteiger partial charge on any atom is -0.317 e. The van der Waals surface area contributed by atoms with Crippen LogP contribution in [0.2, 0.25) is 0 Å². The largest absolute Gasteiger partial charge is 0.317 e. The van der Waals surface area contributed by atoms with E-state index in [2.05, 4.69) is 10.6 Å². The maximum atomic E-state index is 11.3. The van der Waals surface area contributed by atoms with Crippen LogP contribution in [0, 0.1) is 5.92 Å². The van der Waals surface area contributed by atoms with E-state index in [4.69, 9.17) is 0 Å². The second kappa shape index (κ2) is 5.47. The van der Waals surface area contributed by atoms with Gasteiger partial charge in [-0.25, -0.2) is 8.42 Å². The van der Waals surface area contributed by atoms with Gasteiger partial charge in [-0.05, 0) is 51.2 Å².